The molecule has 0 unspecified atom stereocenters. The number of aromatic nitrogens is 1. The predicted octanol–water partition coefficient (Wildman–Crippen LogP) is 3.81. The third-order valence-corrected chi connectivity index (χ3v) is 4.03. The van der Waals surface area contributed by atoms with Gasteiger partial charge in [-0.25, -0.2) is 0 Å². The van der Waals surface area contributed by atoms with Crippen LogP contribution in [0.15, 0.2) is 40.3 Å². The molecule has 1 aromatic heterocycles. The molecule has 1 aromatic carbocycles. The molecule has 0 aliphatic rings. The predicted molar refractivity (Wildman–Crippen MR) is 79.2 cm³/mol. The average Bonchev–Trinajstić information content (AvgIpc) is 2.70. The summed E-state index contributed by atoms with van der Waals surface area (Å²) in [6, 6.07) is 12.3. The van der Waals surface area contributed by atoms with Crippen molar-refractivity contribution in [2.24, 2.45) is 0 Å². The fraction of sp³-hybridized carbons (Fsp3) is 0.267. The monoisotopic (exact) mass is 271 g/mol. The van der Waals surface area contributed by atoms with Gasteiger partial charge >= 0.3 is 0 Å². The number of benzene rings is 1. The van der Waals surface area contributed by atoms with Gasteiger partial charge in [0.15, 0.2) is 0 Å². The molecule has 0 atom stereocenters. The number of rotatable bonds is 4. The van der Waals surface area contributed by atoms with E-state index in [-0.39, 0.29) is 0 Å². The molecular weight excluding hydrogens is 254 g/mol. The summed E-state index contributed by atoms with van der Waals surface area (Å²) in [5.41, 5.74) is 8.58. The van der Waals surface area contributed by atoms with E-state index in [1.807, 2.05) is 4.57 Å². The van der Waals surface area contributed by atoms with Gasteiger partial charge in [0.25, 0.3) is 0 Å². The highest BCUT2D eigenvalue weighted by molar-refractivity contribution is 7.99. The second-order valence-electron chi connectivity index (χ2n) is 4.47. The smallest absolute Gasteiger partial charge is 0.123 e. The molecule has 0 saturated heterocycles. The van der Waals surface area contributed by atoms with Gasteiger partial charge in [0.05, 0.1) is 5.69 Å². The Morgan fingerprint density at radius 1 is 1.32 bits per heavy atom. The van der Waals surface area contributed by atoms with Crippen LogP contribution in [0.25, 0.3) is 0 Å². The summed E-state index contributed by atoms with van der Waals surface area (Å²) < 4.78 is 2.00. The van der Waals surface area contributed by atoms with Gasteiger partial charge in [0.1, 0.15) is 16.8 Å². The highest BCUT2D eigenvalue weighted by atomic mass is 32.2. The van der Waals surface area contributed by atoms with E-state index >= 15 is 0 Å². The van der Waals surface area contributed by atoms with Crippen molar-refractivity contribution in [3.05, 3.63) is 41.6 Å². The number of nitrogens with zero attached hydrogens (tertiary/aromatic N) is 2. The van der Waals surface area contributed by atoms with Crippen LogP contribution in [0.3, 0.4) is 0 Å². The highest BCUT2D eigenvalue weighted by Crippen LogP contribution is 2.34. The topological polar surface area (TPSA) is 54.7 Å². The van der Waals surface area contributed by atoms with Crippen LogP contribution in [0, 0.1) is 18.3 Å². The van der Waals surface area contributed by atoms with Crippen LogP contribution in [0.1, 0.15) is 24.6 Å². The maximum atomic E-state index is 9.15. The van der Waals surface area contributed by atoms with Crippen molar-refractivity contribution in [2.45, 2.75) is 36.7 Å². The van der Waals surface area contributed by atoms with E-state index in [9.17, 15) is 0 Å². The van der Waals surface area contributed by atoms with Crippen LogP contribution in [0.5, 0.6) is 0 Å². The average molecular weight is 271 g/mol. The second kappa shape index (κ2) is 5.85. The Bertz CT molecular complexity index is 606. The highest BCUT2D eigenvalue weighted by Gasteiger charge is 2.13. The maximum absolute atomic E-state index is 9.15. The summed E-state index contributed by atoms with van der Waals surface area (Å²) in [6.07, 6.45) is 0.976. The molecule has 4 heteroatoms. The normalized spacial score (nSPS) is 10.4. The Balaban J connectivity index is 2.36. The Kier molecular flexibility index (Phi) is 4.18. The summed E-state index contributed by atoms with van der Waals surface area (Å²) in [6.45, 7) is 4.97. The number of nitrogen functional groups attached to an aromatic ring is 1. The van der Waals surface area contributed by atoms with Crippen molar-refractivity contribution < 1.29 is 0 Å². The van der Waals surface area contributed by atoms with Crippen molar-refractivity contribution in [1.82, 2.24) is 4.57 Å². The summed E-state index contributed by atoms with van der Waals surface area (Å²) in [5.74, 6) is 0. The molecule has 0 aliphatic carbocycles. The van der Waals surface area contributed by atoms with Crippen molar-refractivity contribution in [3.63, 3.8) is 0 Å². The Morgan fingerprint density at radius 3 is 2.58 bits per heavy atom. The minimum Gasteiger partial charge on any atom is -0.397 e. The largest absolute Gasteiger partial charge is 0.397 e. The summed E-state index contributed by atoms with van der Waals surface area (Å²) in [4.78, 5) is 1.14. The van der Waals surface area contributed by atoms with Crippen LogP contribution in [0.4, 0.5) is 5.69 Å². The molecule has 98 valence electrons. The summed E-state index contributed by atoms with van der Waals surface area (Å²) in [7, 11) is 0. The molecule has 1 heterocycles. The standard InChI is InChI=1S/C15H17N3S/c1-3-8-18-12(10-16)9-14(17)15(18)19-13-6-4-11(2)5-7-13/h4-7,9H,3,8,17H2,1-2H3. The van der Waals surface area contributed by atoms with E-state index in [2.05, 4.69) is 44.2 Å². The number of anilines is 1. The first-order valence-corrected chi connectivity index (χ1v) is 7.11. The van der Waals surface area contributed by atoms with E-state index in [4.69, 9.17) is 11.0 Å². The lowest BCUT2D eigenvalue weighted by Gasteiger charge is -2.09. The SMILES string of the molecule is CCCn1c(C#N)cc(N)c1Sc1ccc(C)cc1. The maximum Gasteiger partial charge on any atom is 0.123 e. The minimum absolute atomic E-state index is 0.633. The van der Waals surface area contributed by atoms with Crippen molar-refractivity contribution in [2.75, 3.05) is 5.73 Å². The van der Waals surface area contributed by atoms with Gasteiger partial charge in [-0.15, -0.1) is 0 Å². The number of hydrogen-bond donors (Lipinski definition) is 1. The molecule has 0 bridgehead atoms. The lowest BCUT2D eigenvalue weighted by molar-refractivity contribution is 0.630. The van der Waals surface area contributed by atoms with Gasteiger partial charge in [-0.2, -0.15) is 5.26 Å². The molecule has 0 aliphatic heterocycles. The Hall–Kier alpha value is -1.86. The molecule has 19 heavy (non-hydrogen) atoms. The molecule has 2 N–H and O–H groups in total. The van der Waals surface area contributed by atoms with Crippen LogP contribution >= 0.6 is 11.8 Å². The minimum atomic E-state index is 0.633. The first-order valence-electron chi connectivity index (χ1n) is 6.29. The number of hydrogen-bond acceptors (Lipinski definition) is 3. The van der Waals surface area contributed by atoms with E-state index in [0.29, 0.717) is 11.4 Å². The van der Waals surface area contributed by atoms with Crippen LogP contribution < -0.4 is 5.73 Å². The van der Waals surface area contributed by atoms with Gasteiger partial charge in [0, 0.05) is 11.4 Å². The van der Waals surface area contributed by atoms with Crippen molar-refractivity contribution in [3.8, 4) is 6.07 Å². The van der Waals surface area contributed by atoms with Crippen LogP contribution in [0.2, 0.25) is 0 Å². The third-order valence-electron chi connectivity index (χ3n) is 2.87. The third kappa shape index (κ3) is 2.94. The molecule has 2 rings (SSSR count). The molecule has 2 aromatic rings. The van der Waals surface area contributed by atoms with Crippen molar-refractivity contribution in [1.29, 1.82) is 5.26 Å². The molecule has 0 radical (unpaired) electrons. The van der Waals surface area contributed by atoms with E-state index in [1.54, 1.807) is 17.8 Å². The van der Waals surface area contributed by atoms with Gasteiger partial charge in [-0.3, -0.25) is 0 Å². The van der Waals surface area contributed by atoms with Gasteiger partial charge in [0.2, 0.25) is 0 Å². The molecule has 0 spiro atoms. The molecule has 0 saturated carbocycles. The van der Waals surface area contributed by atoms with Crippen LogP contribution in [-0.4, -0.2) is 4.57 Å². The molecule has 0 fully saturated rings. The van der Waals surface area contributed by atoms with E-state index in [0.717, 1.165) is 22.9 Å². The van der Waals surface area contributed by atoms with E-state index < -0.39 is 0 Å². The Morgan fingerprint density at radius 2 is 2.00 bits per heavy atom. The zero-order chi connectivity index (χ0) is 13.8. The van der Waals surface area contributed by atoms with Gasteiger partial charge in [-0.1, -0.05) is 36.4 Å². The first-order chi connectivity index (χ1) is 9.15. The molecule has 0 amide bonds. The fourth-order valence-corrected chi connectivity index (χ4v) is 2.89. The Labute approximate surface area is 118 Å². The van der Waals surface area contributed by atoms with Gasteiger partial charge < -0.3 is 10.3 Å². The van der Waals surface area contributed by atoms with Gasteiger partial charge in [-0.05, 0) is 31.5 Å². The van der Waals surface area contributed by atoms with E-state index in [1.165, 1.54) is 5.56 Å². The van der Waals surface area contributed by atoms with Crippen molar-refractivity contribution >= 4 is 17.4 Å². The first kappa shape index (κ1) is 13.6. The zero-order valence-electron chi connectivity index (χ0n) is 11.2. The lowest BCUT2D eigenvalue weighted by atomic mass is 10.2. The number of nitrogens with two attached hydrogens (primary N) is 1. The second-order valence-corrected chi connectivity index (χ2v) is 5.53. The van der Waals surface area contributed by atoms with Crippen LogP contribution in [-0.2, 0) is 6.54 Å². The zero-order valence-corrected chi connectivity index (χ0v) is 12.0. The number of aryl methyl sites for hydroxylation is 1. The summed E-state index contributed by atoms with van der Waals surface area (Å²) in [5, 5.41) is 10.1. The number of nitriles is 1. The lowest BCUT2D eigenvalue weighted by Crippen LogP contribution is -2.01. The quantitative estimate of drug-likeness (QED) is 0.920. The summed E-state index contributed by atoms with van der Waals surface area (Å²) >= 11 is 1.61. The fourth-order valence-electron chi connectivity index (χ4n) is 1.92. The molecule has 3 nitrogen and oxygen atoms in total. The molecular formula is C15H17N3S.